The minimum absolute atomic E-state index is 0.0450. The largest absolute Gasteiger partial charge is 0.395 e. The predicted molar refractivity (Wildman–Crippen MR) is 68.8 cm³/mol. The normalized spacial score (nSPS) is 11.1. The number of carbonyl (C=O) groups excluding carboxylic acids is 1. The smallest absolute Gasteiger partial charge is 0.238 e. The van der Waals surface area contributed by atoms with E-state index in [0.29, 0.717) is 6.54 Å². The molecule has 1 aromatic carbocycles. The summed E-state index contributed by atoms with van der Waals surface area (Å²) in [7, 11) is 0. The summed E-state index contributed by atoms with van der Waals surface area (Å²) in [4.78, 5) is 13.5. The predicted octanol–water partition coefficient (Wildman–Crippen LogP) is 1.61. The Morgan fingerprint density at radius 2 is 2.05 bits per heavy atom. The van der Waals surface area contributed by atoms with E-state index >= 15 is 0 Å². The molecule has 0 bridgehead atoms. The monoisotopic (exact) mass is 272 g/mol. The van der Waals surface area contributed by atoms with Crippen molar-refractivity contribution in [2.24, 2.45) is 0 Å². The molecule has 0 aliphatic heterocycles. The highest BCUT2D eigenvalue weighted by Crippen LogP contribution is 2.13. The zero-order chi connectivity index (χ0) is 14.4. The fraction of sp³-hybridized carbons (Fsp3) is 0.462. The molecule has 0 unspecified atom stereocenters. The van der Waals surface area contributed by atoms with Crippen molar-refractivity contribution in [2.45, 2.75) is 19.9 Å². The van der Waals surface area contributed by atoms with Gasteiger partial charge in [-0.05, 0) is 26.0 Å². The fourth-order valence-corrected chi connectivity index (χ4v) is 1.61. The highest BCUT2D eigenvalue weighted by Gasteiger charge is 2.14. The Bertz CT molecular complexity index is 439. The van der Waals surface area contributed by atoms with Crippen molar-refractivity contribution in [3.05, 3.63) is 29.8 Å². The number of nitrogens with zero attached hydrogens (tertiary/aromatic N) is 1. The van der Waals surface area contributed by atoms with E-state index in [4.69, 9.17) is 5.11 Å². The minimum Gasteiger partial charge on any atom is -0.395 e. The maximum Gasteiger partial charge on any atom is 0.238 e. The van der Waals surface area contributed by atoms with E-state index in [1.54, 1.807) is 4.90 Å². The first-order valence-electron chi connectivity index (χ1n) is 6.04. The number of hydrogen-bond donors (Lipinski definition) is 2. The van der Waals surface area contributed by atoms with E-state index in [-0.39, 0.29) is 30.8 Å². The van der Waals surface area contributed by atoms with Crippen LogP contribution in [-0.2, 0) is 4.79 Å². The first kappa shape index (κ1) is 15.5. The topological polar surface area (TPSA) is 52.6 Å². The third-order valence-corrected chi connectivity index (χ3v) is 2.67. The molecule has 0 saturated carbocycles. The van der Waals surface area contributed by atoms with Gasteiger partial charge in [-0.25, -0.2) is 8.78 Å². The van der Waals surface area contributed by atoms with Crippen LogP contribution >= 0.6 is 0 Å². The minimum atomic E-state index is -1.01. The lowest BCUT2D eigenvalue weighted by Gasteiger charge is -2.24. The number of hydrogen-bond acceptors (Lipinski definition) is 3. The lowest BCUT2D eigenvalue weighted by atomic mass is 10.3. The number of nitrogens with one attached hydrogen (secondary N) is 1. The molecule has 0 saturated heterocycles. The lowest BCUT2D eigenvalue weighted by molar-refractivity contribution is -0.117. The van der Waals surface area contributed by atoms with Crippen LogP contribution in [0.25, 0.3) is 0 Å². The van der Waals surface area contributed by atoms with Crippen molar-refractivity contribution < 1.29 is 18.7 Å². The molecule has 19 heavy (non-hydrogen) atoms. The van der Waals surface area contributed by atoms with E-state index in [2.05, 4.69) is 5.32 Å². The van der Waals surface area contributed by atoms with Crippen molar-refractivity contribution >= 4 is 11.6 Å². The van der Waals surface area contributed by atoms with Gasteiger partial charge in [0, 0.05) is 24.3 Å². The third kappa shape index (κ3) is 4.92. The van der Waals surface area contributed by atoms with E-state index in [1.807, 2.05) is 13.8 Å². The molecular weight excluding hydrogens is 254 g/mol. The molecule has 0 radical (unpaired) electrons. The summed E-state index contributed by atoms with van der Waals surface area (Å²) >= 11 is 0. The fourth-order valence-electron chi connectivity index (χ4n) is 1.61. The summed E-state index contributed by atoms with van der Waals surface area (Å²) in [5.41, 5.74) is 0.205. The molecule has 1 rings (SSSR count). The molecule has 0 aliphatic rings. The Morgan fingerprint density at radius 3 is 2.58 bits per heavy atom. The van der Waals surface area contributed by atoms with Gasteiger partial charge in [0.2, 0.25) is 5.91 Å². The molecule has 1 aromatic rings. The Hall–Kier alpha value is -1.53. The first-order chi connectivity index (χ1) is 8.93. The Labute approximate surface area is 111 Å². The third-order valence-electron chi connectivity index (χ3n) is 2.67. The summed E-state index contributed by atoms with van der Waals surface area (Å²) in [5, 5.41) is 11.4. The van der Waals surface area contributed by atoms with Crippen LogP contribution in [0.1, 0.15) is 13.8 Å². The highest BCUT2D eigenvalue weighted by atomic mass is 19.2. The molecule has 1 amide bonds. The van der Waals surface area contributed by atoms with E-state index < -0.39 is 11.6 Å². The number of aliphatic hydroxyl groups excluding tert-OH is 1. The average Bonchev–Trinajstić information content (AvgIpc) is 2.33. The van der Waals surface area contributed by atoms with Gasteiger partial charge in [0.05, 0.1) is 13.2 Å². The second-order valence-corrected chi connectivity index (χ2v) is 4.46. The number of rotatable bonds is 6. The zero-order valence-electron chi connectivity index (χ0n) is 11.0. The van der Waals surface area contributed by atoms with Crippen molar-refractivity contribution in [3.8, 4) is 0 Å². The van der Waals surface area contributed by atoms with Gasteiger partial charge in [-0.1, -0.05) is 0 Å². The quantitative estimate of drug-likeness (QED) is 0.827. The second kappa shape index (κ2) is 7.16. The average molecular weight is 272 g/mol. The number of anilines is 1. The first-order valence-corrected chi connectivity index (χ1v) is 6.04. The van der Waals surface area contributed by atoms with E-state index in [0.717, 1.165) is 12.1 Å². The molecule has 106 valence electrons. The summed E-state index contributed by atoms with van der Waals surface area (Å²) in [5.74, 6) is -2.30. The molecule has 6 heteroatoms. The van der Waals surface area contributed by atoms with Crippen molar-refractivity contribution in [3.63, 3.8) is 0 Å². The number of amides is 1. The summed E-state index contributed by atoms with van der Waals surface area (Å²) in [6, 6.07) is 3.28. The van der Waals surface area contributed by atoms with E-state index in [9.17, 15) is 13.6 Å². The van der Waals surface area contributed by atoms with Crippen LogP contribution < -0.4 is 5.32 Å². The maximum atomic E-state index is 13.0. The molecule has 4 nitrogen and oxygen atoms in total. The van der Waals surface area contributed by atoms with Crippen LogP contribution in [0.15, 0.2) is 18.2 Å². The molecule has 0 heterocycles. The number of carbonyl (C=O) groups is 1. The van der Waals surface area contributed by atoms with Crippen molar-refractivity contribution in [1.29, 1.82) is 0 Å². The SMILES string of the molecule is CC(C)N(CCO)CC(=O)Nc1ccc(F)c(F)c1. The van der Waals surface area contributed by atoms with Gasteiger partial charge in [-0.3, -0.25) is 9.69 Å². The lowest BCUT2D eigenvalue weighted by Crippen LogP contribution is -2.39. The van der Waals surface area contributed by atoms with Gasteiger partial charge in [0.15, 0.2) is 11.6 Å². The Morgan fingerprint density at radius 1 is 1.37 bits per heavy atom. The van der Waals surface area contributed by atoms with Crippen LogP contribution in [0.4, 0.5) is 14.5 Å². The zero-order valence-corrected chi connectivity index (χ0v) is 11.0. The number of halogens is 2. The van der Waals surface area contributed by atoms with Gasteiger partial charge < -0.3 is 10.4 Å². The summed E-state index contributed by atoms with van der Waals surface area (Å²) < 4.78 is 25.7. The maximum absolute atomic E-state index is 13.0. The van der Waals surface area contributed by atoms with Crippen LogP contribution in [0.2, 0.25) is 0 Å². The summed E-state index contributed by atoms with van der Waals surface area (Å²) in [6.45, 7) is 4.22. The van der Waals surface area contributed by atoms with Gasteiger partial charge in [-0.15, -0.1) is 0 Å². The van der Waals surface area contributed by atoms with Gasteiger partial charge in [-0.2, -0.15) is 0 Å². The molecule has 0 fully saturated rings. The van der Waals surface area contributed by atoms with Gasteiger partial charge >= 0.3 is 0 Å². The highest BCUT2D eigenvalue weighted by molar-refractivity contribution is 5.92. The standard InChI is InChI=1S/C13H18F2N2O2/c1-9(2)17(5-6-18)8-13(19)16-10-3-4-11(14)12(15)7-10/h3-4,7,9,18H,5-6,8H2,1-2H3,(H,16,19). The molecule has 0 atom stereocenters. The molecule has 0 aromatic heterocycles. The van der Waals surface area contributed by atoms with Crippen LogP contribution in [0.3, 0.4) is 0 Å². The van der Waals surface area contributed by atoms with Gasteiger partial charge in [0.25, 0.3) is 0 Å². The van der Waals surface area contributed by atoms with E-state index in [1.165, 1.54) is 6.07 Å². The van der Waals surface area contributed by atoms with Crippen molar-refractivity contribution in [1.82, 2.24) is 4.90 Å². The summed E-state index contributed by atoms with van der Waals surface area (Å²) in [6.07, 6.45) is 0. The number of aliphatic hydroxyl groups is 1. The second-order valence-electron chi connectivity index (χ2n) is 4.46. The number of benzene rings is 1. The van der Waals surface area contributed by atoms with Crippen LogP contribution in [0.5, 0.6) is 0 Å². The van der Waals surface area contributed by atoms with Crippen molar-refractivity contribution in [2.75, 3.05) is 25.0 Å². The Balaban J connectivity index is 2.61. The molecule has 0 aliphatic carbocycles. The molecule has 0 spiro atoms. The molecule has 2 N–H and O–H groups in total. The van der Waals surface area contributed by atoms with Crippen LogP contribution in [0, 0.1) is 11.6 Å². The Kier molecular flexibility index (Phi) is 5.85. The molecular formula is C13H18F2N2O2. The van der Waals surface area contributed by atoms with Crippen LogP contribution in [-0.4, -0.2) is 41.7 Å². The van der Waals surface area contributed by atoms with Gasteiger partial charge in [0.1, 0.15) is 0 Å².